The first kappa shape index (κ1) is 12.8. The molecule has 0 N–H and O–H groups in total. The van der Waals surface area contributed by atoms with Gasteiger partial charge in [-0.1, -0.05) is 6.07 Å². The molecule has 1 aliphatic rings. The molecule has 94 valence electrons. The minimum Gasteiger partial charge on any atom is -0.489 e. The molecule has 0 bridgehead atoms. The number of likely N-dealkylation sites (tertiary alicyclic amines) is 1. The van der Waals surface area contributed by atoms with E-state index in [2.05, 4.69) is 27.9 Å². The van der Waals surface area contributed by atoms with Gasteiger partial charge in [0, 0.05) is 0 Å². The Morgan fingerprint density at radius 3 is 2.76 bits per heavy atom. The van der Waals surface area contributed by atoms with Crippen molar-refractivity contribution in [3.8, 4) is 5.75 Å². The highest BCUT2D eigenvalue weighted by Crippen LogP contribution is 2.29. The lowest BCUT2D eigenvalue weighted by Gasteiger charge is -2.28. The number of halogens is 2. The summed E-state index contributed by atoms with van der Waals surface area (Å²) in [6.07, 6.45) is 2.26. The number of ether oxygens (including phenoxy) is 1. The number of para-hydroxylation sites is 1. The van der Waals surface area contributed by atoms with E-state index in [4.69, 9.17) is 4.74 Å². The Labute approximate surface area is 110 Å². The molecule has 0 saturated carbocycles. The standard InChI is InChI=1S/C13H17BrFNO/c1-16-7-5-10(6-8-16)9-17-13-11(14)3-2-4-12(13)15/h2-4,10H,5-9H2,1H3. The van der Waals surface area contributed by atoms with E-state index in [0.717, 1.165) is 25.9 Å². The minimum atomic E-state index is -0.299. The molecular weight excluding hydrogens is 285 g/mol. The van der Waals surface area contributed by atoms with Crippen molar-refractivity contribution < 1.29 is 9.13 Å². The van der Waals surface area contributed by atoms with Crippen LogP contribution in [0.15, 0.2) is 22.7 Å². The van der Waals surface area contributed by atoms with Crippen LogP contribution >= 0.6 is 15.9 Å². The molecular formula is C13H17BrFNO. The van der Waals surface area contributed by atoms with Crippen LogP contribution in [0.3, 0.4) is 0 Å². The maximum absolute atomic E-state index is 13.5. The Bertz CT molecular complexity index is 357. The molecule has 1 fully saturated rings. The van der Waals surface area contributed by atoms with E-state index in [0.29, 0.717) is 22.7 Å². The lowest BCUT2D eigenvalue weighted by Crippen LogP contribution is -2.32. The van der Waals surface area contributed by atoms with Crippen LogP contribution < -0.4 is 4.74 Å². The predicted molar refractivity (Wildman–Crippen MR) is 69.8 cm³/mol. The zero-order chi connectivity index (χ0) is 12.3. The van der Waals surface area contributed by atoms with Gasteiger partial charge in [-0.25, -0.2) is 4.39 Å². The molecule has 1 aliphatic heterocycles. The summed E-state index contributed by atoms with van der Waals surface area (Å²) in [7, 11) is 2.13. The van der Waals surface area contributed by atoms with Crippen LogP contribution in [0.2, 0.25) is 0 Å². The average molecular weight is 302 g/mol. The van der Waals surface area contributed by atoms with Crippen LogP contribution in [0.1, 0.15) is 12.8 Å². The van der Waals surface area contributed by atoms with Crippen LogP contribution in [0, 0.1) is 11.7 Å². The Balaban J connectivity index is 1.89. The average Bonchev–Trinajstić information content (AvgIpc) is 2.31. The summed E-state index contributed by atoms with van der Waals surface area (Å²) in [4.78, 5) is 2.31. The highest BCUT2D eigenvalue weighted by atomic mass is 79.9. The number of piperidine rings is 1. The van der Waals surface area contributed by atoms with Gasteiger partial charge in [-0.2, -0.15) is 0 Å². The molecule has 17 heavy (non-hydrogen) atoms. The second kappa shape index (κ2) is 5.83. The molecule has 0 spiro atoms. The quantitative estimate of drug-likeness (QED) is 0.849. The summed E-state index contributed by atoms with van der Waals surface area (Å²) in [5.41, 5.74) is 0. The number of hydrogen-bond donors (Lipinski definition) is 0. The highest BCUT2D eigenvalue weighted by Gasteiger charge is 2.18. The van der Waals surface area contributed by atoms with E-state index in [-0.39, 0.29) is 5.82 Å². The van der Waals surface area contributed by atoms with Crippen molar-refractivity contribution in [2.24, 2.45) is 5.92 Å². The van der Waals surface area contributed by atoms with Gasteiger partial charge in [-0.15, -0.1) is 0 Å². The van der Waals surface area contributed by atoms with Crippen LogP contribution in [-0.2, 0) is 0 Å². The molecule has 0 aromatic heterocycles. The maximum atomic E-state index is 13.5. The highest BCUT2D eigenvalue weighted by molar-refractivity contribution is 9.10. The summed E-state index contributed by atoms with van der Waals surface area (Å²) in [5, 5.41) is 0. The van der Waals surface area contributed by atoms with Gasteiger partial charge in [0.2, 0.25) is 0 Å². The summed E-state index contributed by atoms with van der Waals surface area (Å²) >= 11 is 3.31. The van der Waals surface area contributed by atoms with Gasteiger partial charge < -0.3 is 9.64 Å². The van der Waals surface area contributed by atoms with Crippen molar-refractivity contribution in [1.82, 2.24) is 4.90 Å². The van der Waals surface area contributed by atoms with Crippen LogP contribution in [-0.4, -0.2) is 31.6 Å². The van der Waals surface area contributed by atoms with Gasteiger partial charge in [0.25, 0.3) is 0 Å². The van der Waals surface area contributed by atoms with Crippen LogP contribution in [0.25, 0.3) is 0 Å². The fourth-order valence-electron chi connectivity index (χ4n) is 2.05. The van der Waals surface area contributed by atoms with Crippen molar-refractivity contribution in [3.63, 3.8) is 0 Å². The van der Waals surface area contributed by atoms with Crippen LogP contribution in [0.5, 0.6) is 5.75 Å². The molecule has 0 aliphatic carbocycles. The Kier molecular flexibility index (Phi) is 4.40. The molecule has 2 nitrogen and oxygen atoms in total. The lowest BCUT2D eigenvalue weighted by atomic mass is 9.98. The second-order valence-corrected chi connectivity index (χ2v) is 5.46. The summed E-state index contributed by atoms with van der Waals surface area (Å²) in [6.45, 7) is 2.81. The van der Waals surface area contributed by atoms with E-state index in [1.54, 1.807) is 12.1 Å². The molecule has 0 unspecified atom stereocenters. The maximum Gasteiger partial charge on any atom is 0.169 e. The number of benzene rings is 1. The molecule has 0 amide bonds. The van der Waals surface area contributed by atoms with Gasteiger partial charge in [-0.05, 0) is 67.0 Å². The Hall–Kier alpha value is -0.610. The summed E-state index contributed by atoms with van der Waals surface area (Å²) in [6, 6.07) is 4.89. The number of hydrogen-bond acceptors (Lipinski definition) is 2. The van der Waals surface area contributed by atoms with Gasteiger partial charge in [0.1, 0.15) is 0 Å². The molecule has 1 aromatic carbocycles. The largest absolute Gasteiger partial charge is 0.489 e. The molecule has 1 heterocycles. The third kappa shape index (κ3) is 3.42. The summed E-state index contributed by atoms with van der Waals surface area (Å²) < 4.78 is 19.8. The van der Waals surface area contributed by atoms with Crippen molar-refractivity contribution in [2.45, 2.75) is 12.8 Å². The summed E-state index contributed by atoms with van der Waals surface area (Å²) in [5.74, 6) is 0.580. The smallest absolute Gasteiger partial charge is 0.169 e. The molecule has 1 aromatic rings. The van der Waals surface area contributed by atoms with Crippen molar-refractivity contribution >= 4 is 15.9 Å². The van der Waals surface area contributed by atoms with Gasteiger partial charge >= 0.3 is 0 Å². The third-order valence-corrected chi connectivity index (χ3v) is 3.84. The van der Waals surface area contributed by atoms with E-state index in [1.165, 1.54) is 6.07 Å². The number of rotatable bonds is 3. The van der Waals surface area contributed by atoms with Crippen molar-refractivity contribution in [2.75, 3.05) is 26.7 Å². The van der Waals surface area contributed by atoms with Crippen molar-refractivity contribution in [1.29, 1.82) is 0 Å². The predicted octanol–water partition coefficient (Wildman–Crippen LogP) is 3.31. The van der Waals surface area contributed by atoms with E-state index < -0.39 is 0 Å². The SMILES string of the molecule is CN1CCC(COc2c(F)cccc2Br)CC1. The second-order valence-electron chi connectivity index (χ2n) is 4.61. The van der Waals surface area contributed by atoms with Gasteiger partial charge in [0.15, 0.2) is 11.6 Å². The molecule has 1 saturated heterocycles. The Morgan fingerprint density at radius 2 is 2.12 bits per heavy atom. The molecule has 4 heteroatoms. The molecule has 0 radical (unpaired) electrons. The monoisotopic (exact) mass is 301 g/mol. The lowest BCUT2D eigenvalue weighted by molar-refractivity contribution is 0.156. The van der Waals surface area contributed by atoms with E-state index in [1.807, 2.05) is 0 Å². The van der Waals surface area contributed by atoms with Crippen molar-refractivity contribution in [3.05, 3.63) is 28.5 Å². The fourth-order valence-corrected chi connectivity index (χ4v) is 2.51. The topological polar surface area (TPSA) is 12.5 Å². The van der Waals surface area contributed by atoms with Gasteiger partial charge in [0.05, 0.1) is 11.1 Å². The number of nitrogens with zero attached hydrogens (tertiary/aromatic N) is 1. The first-order chi connectivity index (χ1) is 8.16. The molecule has 0 atom stereocenters. The molecule has 2 rings (SSSR count). The minimum absolute atomic E-state index is 0.299. The fraction of sp³-hybridized carbons (Fsp3) is 0.538. The van der Waals surface area contributed by atoms with E-state index in [9.17, 15) is 4.39 Å². The van der Waals surface area contributed by atoms with Crippen LogP contribution in [0.4, 0.5) is 4.39 Å². The normalized spacial score (nSPS) is 18.3. The zero-order valence-electron chi connectivity index (χ0n) is 9.96. The first-order valence-corrected chi connectivity index (χ1v) is 6.71. The van der Waals surface area contributed by atoms with E-state index >= 15 is 0 Å². The zero-order valence-corrected chi connectivity index (χ0v) is 11.5. The third-order valence-electron chi connectivity index (χ3n) is 3.22. The van der Waals surface area contributed by atoms with Gasteiger partial charge in [-0.3, -0.25) is 0 Å². The Morgan fingerprint density at radius 1 is 1.41 bits per heavy atom. The first-order valence-electron chi connectivity index (χ1n) is 5.92.